The standard InChI is InChI=1S/C15H20N2O.ClH/c1-11-10-17(8-7-16-11)15(18)14-6-5-12-3-2-4-13(12)9-14;/h5-6,9,11,16H,2-4,7-8,10H2,1H3;1H/t11-;/m0./s1. The Balaban J connectivity index is 0.00000133. The van der Waals surface area contributed by atoms with Crippen molar-refractivity contribution in [3.8, 4) is 0 Å². The third-order valence-electron chi connectivity index (χ3n) is 4.00. The van der Waals surface area contributed by atoms with Crippen molar-refractivity contribution in [2.75, 3.05) is 19.6 Å². The summed E-state index contributed by atoms with van der Waals surface area (Å²) in [6.07, 6.45) is 3.54. The number of halogens is 1. The lowest BCUT2D eigenvalue weighted by Crippen LogP contribution is -2.51. The normalized spacial score (nSPS) is 21.7. The van der Waals surface area contributed by atoms with Gasteiger partial charge in [-0.3, -0.25) is 4.79 Å². The molecule has 1 aliphatic heterocycles. The number of piperazine rings is 1. The number of amides is 1. The zero-order valence-electron chi connectivity index (χ0n) is 11.3. The molecule has 1 N–H and O–H groups in total. The van der Waals surface area contributed by atoms with Gasteiger partial charge in [-0.05, 0) is 49.4 Å². The van der Waals surface area contributed by atoms with Crippen LogP contribution >= 0.6 is 12.4 Å². The smallest absolute Gasteiger partial charge is 0.253 e. The second-order valence-corrected chi connectivity index (χ2v) is 5.44. The Morgan fingerprint density at radius 3 is 2.89 bits per heavy atom. The Labute approximate surface area is 120 Å². The van der Waals surface area contributed by atoms with E-state index in [1.807, 2.05) is 11.0 Å². The van der Waals surface area contributed by atoms with E-state index in [1.54, 1.807) is 0 Å². The SMILES string of the molecule is C[C@H]1CN(C(=O)c2ccc3c(c2)CCC3)CCN1.Cl. The minimum Gasteiger partial charge on any atom is -0.336 e. The van der Waals surface area contributed by atoms with Gasteiger partial charge in [0.1, 0.15) is 0 Å². The third-order valence-corrected chi connectivity index (χ3v) is 4.00. The summed E-state index contributed by atoms with van der Waals surface area (Å²) >= 11 is 0. The van der Waals surface area contributed by atoms with Gasteiger partial charge >= 0.3 is 0 Å². The zero-order chi connectivity index (χ0) is 12.5. The van der Waals surface area contributed by atoms with E-state index < -0.39 is 0 Å². The lowest BCUT2D eigenvalue weighted by Gasteiger charge is -2.32. The Morgan fingerprint density at radius 1 is 1.32 bits per heavy atom. The fourth-order valence-corrected chi connectivity index (χ4v) is 3.00. The molecule has 1 heterocycles. The summed E-state index contributed by atoms with van der Waals surface area (Å²) in [6, 6.07) is 6.65. The average molecular weight is 281 g/mol. The largest absolute Gasteiger partial charge is 0.336 e. The van der Waals surface area contributed by atoms with Gasteiger partial charge < -0.3 is 10.2 Å². The number of hydrogen-bond donors (Lipinski definition) is 1. The maximum absolute atomic E-state index is 12.4. The highest BCUT2D eigenvalue weighted by atomic mass is 35.5. The van der Waals surface area contributed by atoms with Gasteiger partial charge in [-0.15, -0.1) is 12.4 Å². The fourth-order valence-electron chi connectivity index (χ4n) is 3.00. The summed E-state index contributed by atoms with van der Waals surface area (Å²) in [7, 11) is 0. The number of aryl methyl sites for hydroxylation is 2. The molecule has 1 aromatic carbocycles. The molecule has 0 bridgehead atoms. The Morgan fingerprint density at radius 2 is 2.11 bits per heavy atom. The van der Waals surface area contributed by atoms with Crippen molar-refractivity contribution in [3.63, 3.8) is 0 Å². The molecule has 19 heavy (non-hydrogen) atoms. The first-order valence-corrected chi connectivity index (χ1v) is 6.88. The number of fused-ring (bicyclic) bond motifs is 1. The number of benzene rings is 1. The predicted octanol–water partition coefficient (Wildman–Crippen LogP) is 2.03. The second kappa shape index (κ2) is 5.93. The van der Waals surface area contributed by atoms with Crippen LogP contribution in [-0.4, -0.2) is 36.5 Å². The summed E-state index contributed by atoms with van der Waals surface area (Å²) in [4.78, 5) is 14.4. The first-order valence-electron chi connectivity index (χ1n) is 6.88. The number of carbonyl (C=O) groups is 1. The Kier molecular flexibility index (Phi) is 4.48. The van der Waals surface area contributed by atoms with Crippen LogP contribution in [-0.2, 0) is 12.8 Å². The average Bonchev–Trinajstić information content (AvgIpc) is 2.85. The van der Waals surface area contributed by atoms with E-state index in [0.717, 1.165) is 31.6 Å². The molecule has 2 aliphatic rings. The van der Waals surface area contributed by atoms with Crippen molar-refractivity contribution < 1.29 is 4.79 Å². The van der Waals surface area contributed by atoms with Crippen LogP contribution in [0.2, 0.25) is 0 Å². The van der Waals surface area contributed by atoms with Gasteiger partial charge in [0.05, 0.1) is 0 Å². The molecule has 1 fully saturated rings. The summed E-state index contributed by atoms with van der Waals surface area (Å²) in [5.41, 5.74) is 3.68. The number of nitrogens with one attached hydrogen (secondary N) is 1. The molecule has 1 amide bonds. The highest BCUT2D eigenvalue weighted by molar-refractivity contribution is 5.94. The molecule has 0 aromatic heterocycles. The van der Waals surface area contributed by atoms with Gasteiger partial charge in [0, 0.05) is 31.2 Å². The van der Waals surface area contributed by atoms with Crippen LogP contribution in [0.1, 0.15) is 34.8 Å². The Bertz CT molecular complexity index is 475. The molecule has 3 nitrogen and oxygen atoms in total. The van der Waals surface area contributed by atoms with E-state index in [9.17, 15) is 4.79 Å². The quantitative estimate of drug-likeness (QED) is 0.854. The Hall–Kier alpha value is -1.06. The number of hydrogen-bond acceptors (Lipinski definition) is 2. The van der Waals surface area contributed by atoms with Crippen LogP contribution in [0.4, 0.5) is 0 Å². The fraction of sp³-hybridized carbons (Fsp3) is 0.533. The third kappa shape index (κ3) is 2.93. The molecule has 0 spiro atoms. The molecule has 0 saturated carbocycles. The predicted molar refractivity (Wildman–Crippen MR) is 79.1 cm³/mol. The van der Waals surface area contributed by atoms with Crippen molar-refractivity contribution in [1.82, 2.24) is 10.2 Å². The summed E-state index contributed by atoms with van der Waals surface area (Å²) < 4.78 is 0. The maximum atomic E-state index is 12.4. The van der Waals surface area contributed by atoms with Gasteiger partial charge in [0.2, 0.25) is 0 Å². The monoisotopic (exact) mass is 280 g/mol. The van der Waals surface area contributed by atoms with Crippen LogP contribution in [0, 0.1) is 0 Å². The molecular formula is C15H21ClN2O. The molecule has 3 rings (SSSR count). The van der Waals surface area contributed by atoms with Gasteiger partial charge in [-0.1, -0.05) is 6.07 Å². The van der Waals surface area contributed by atoms with Gasteiger partial charge in [0.15, 0.2) is 0 Å². The molecule has 0 unspecified atom stereocenters. The van der Waals surface area contributed by atoms with Gasteiger partial charge in [0.25, 0.3) is 5.91 Å². The first kappa shape index (κ1) is 14.4. The molecule has 1 saturated heterocycles. The van der Waals surface area contributed by atoms with E-state index in [1.165, 1.54) is 24.0 Å². The van der Waals surface area contributed by atoms with E-state index >= 15 is 0 Å². The van der Waals surface area contributed by atoms with Crippen LogP contribution in [0.5, 0.6) is 0 Å². The highest BCUT2D eigenvalue weighted by Crippen LogP contribution is 2.23. The van der Waals surface area contributed by atoms with E-state index in [2.05, 4.69) is 24.4 Å². The van der Waals surface area contributed by atoms with Crippen LogP contribution in [0.25, 0.3) is 0 Å². The summed E-state index contributed by atoms with van der Waals surface area (Å²) in [5.74, 6) is 0.193. The van der Waals surface area contributed by atoms with Crippen molar-refractivity contribution in [1.29, 1.82) is 0 Å². The zero-order valence-corrected chi connectivity index (χ0v) is 12.1. The van der Waals surface area contributed by atoms with Crippen molar-refractivity contribution in [2.24, 2.45) is 0 Å². The van der Waals surface area contributed by atoms with Crippen LogP contribution in [0.3, 0.4) is 0 Å². The molecule has 4 heteroatoms. The number of carbonyl (C=O) groups excluding carboxylic acids is 1. The maximum Gasteiger partial charge on any atom is 0.253 e. The molecule has 1 atom stereocenters. The van der Waals surface area contributed by atoms with E-state index in [-0.39, 0.29) is 18.3 Å². The van der Waals surface area contributed by atoms with Crippen LogP contribution in [0.15, 0.2) is 18.2 Å². The van der Waals surface area contributed by atoms with E-state index in [0.29, 0.717) is 6.04 Å². The minimum absolute atomic E-state index is 0. The van der Waals surface area contributed by atoms with Gasteiger partial charge in [-0.2, -0.15) is 0 Å². The van der Waals surface area contributed by atoms with Crippen molar-refractivity contribution in [3.05, 3.63) is 34.9 Å². The topological polar surface area (TPSA) is 32.3 Å². The minimum atomic E-state index is 0. The summed E-state index contributed by atoms with van der Waals surface area (Å²) in [6.45, 7) is 4.66. The summed E-state index contributed by atoms with van der Waals surface area (Å²) in [5, 5.41) is 3.37. The molecule has 0 radical (unpaired) electrons. The molecular weight excluding hydrogens is 260 g/mol. The lowest BCUT2D eigenvalue weighted by atomic mass is 10.0. The highest BCUT2D eigenvalue weighted by Gasteiger charge is 2.22. The number of rotatable bonds is 1. The van der Waals surface area contributed by atoms with Crippen LogP contribution < -0.4 is 5.32 Å². The van der Waals surface area contributed by atoms with Gasteiger partial charge in [-0.25, -0.2) is 0 Å². The lowest BCUT2D eigenvalue weighted by molar-refractivity contribution is 0.0709. The second-order valence-electron chi connectivity index (χ2n) is 5.44. The molecule has 1 aliphatic carbocycles. The van der Waals surface area contributed by atoms with E-state index in [4.69, 9.17) is 0 Å². The van der Waals surface area contributed by atoms with Crippen molar-refractivity contribution in [2.45, 2.75) is 32.2 Å². The first-order chi connectivity index (χ1) is 8.74. The molecule has 1 aromatic rings. The van der Waals surface area contributed by atoms with Crippen molar-refractivity contribution >= 4 is 18.3 Å². The molecule has 104 valence electrons. The number of nitrogens with zero attached hydrogens (tertiary/aromatic N) is 1.